The van der Waals surface area contributed by atoms with Crippen LogP contribution in [0.2, 0.25) is 0 Å². The zero-order valence-corrected chi connectivity index (χ0v) is 15.3. The van der Waals surface area contributed by atoms with E-state index in [-0.39, 0.29) is 23.0 Å². The normalized spacial score (nSPS) is 15.2. The number of hydrogen-bond donors (Lipinski definition) is 4. The molecule has 2 aromatic rings. The van der Waals surface area contributed by atoms with E-state index in [0.717, 1.165) is 23.8 Å². The first-order chi connectivity index (χ1) is 12.4. The van der Waals surface area contributed by atoms with E-state index in [1.165, 1.54) is 6.07 Å². The van der Waals surface area contributed by atoms with Gasteiger partial charge in [-0.25, -0.2) is 4.39 Å². The molecule has 5 N–H and O–H groups in total. The first-order valence-corrected chi connectivity index (χ1v) is 9.19. The molecule has 1 saturated carbocycles. The van der Waals surface area contributed by atoms with E-state index in [0.29, 0.717) is 12.1 Å². The Hall–Kier alpha value is -2.51. The molecule has 0 bridgehead atoms. The van der Waals surface area contributed by atoms with E-state index < -0.39 is 11.2 Å². The summed E-state index contributed by atoms with van der Waals surface area (Å²) in [5.74, 6) is -0.808. The molecule has 1 amide bonds. The summed E-state index contributed by atoms with van der Waals surface area (Å²) in [6.45, 7) is 0.557. The first-order valence-electron chi connectivity index (χ1n) is 8.31. The maximum Gasteiger partial charge on any atom is 0.231 e. The predicted octanol–water partition coefficient (Wildman–Crippen LogP) is 3.49. The zero-order valence-electron chi connectivity index (χ0n) is 14.4. The number of carbonyl (C=O) groups excluding carboxylic acids is 1. The van der Waals surface area contributed by atoms with Gasteiger partial charge in [0.15, 0.2) is 0 Å². The van der Waals surface area contributed by atoms with Crippen molar-refractivity contribution in [1.82, 2.24) is 5.32 Å². The Labute approximate surface area is 155 Å². The van der Waals surface area contributed by atoms with Crippen molar-refractivity contribution in [3.05, 3.63) is 52.0 Å². The van der Waals surface area contributed by atoms with Gasteiger partial charge in [0.05, 0.1) is 16.8 Å². The fourth-order valence-electron chi connectivity index (χ4n) is 2.79. The quantitative estimate of drug-likeness (QED) is 0.443. The summed E-state index contributed by atoms with van der Waals surface area (Å²) in [6, 6.07) is 6.44. The molecule has 7 heteroatoms. The fraction of sp³-hybridized carbons (Fsp3) is 0.263. The molecule has 0 atom stereocenters. The Kier molecular flexibility index (Phi) is 5.20. The minimum atomic E-state index is -0.602. The third kappa shape index (κ3) is 3.84. The summed E-state index contributed by atoms with van der Waals surface area (Å²) in [6.07, 6.45) is 4.98. The number of rotatable bonds is 7. The molecule has 0 aliphatic heterocycles. The van der Waals surface area contributed by atoms with Gasteiger partial charge in [0.2, 0.25) is 5.91 Å². The van der Waals surface area contributed by atoms with Crippen molar-refractivity contribution in [2.45, 2.75) is 12.8 Å². The molecule has 0 unspecified atom stereocenters. The lowest BCUT2D eigenvalue weighted by molar-refractivity contribution is -0.121. The van der Waals surface area contributed by atoms with Crippen molar-refractivity contribution in [3.8, 4) is 0 Å². The molecule has 1 heterocycles. The third-order valence-electron chi connectivity index (χ3n) is 4.49. The molecule has 1 aliphatic rings. The molecule has 26 heavy (non-hydrogen) atoms. The average molecular weight is 372 g/mol. The van der Waals surface area contributed by atoms with E-state index in [4.69, 9.17) is 11.1 Å². The predicted molar refractivity (Wildman–Crippen MR) is 105 cm³/mol. The number of nitrogens with two attached hydrogens (primary N) is 1. The topological polar surface area (TPSA) is 91.0 Å². The number of thiophene rings is 1. The standard InChI is InChI=1S/C19H21FN4OS/c1-23-11-19(6-7-19)18(25)24-17-9-13(16(22)10-14(17)20)15(21)5-4-12-3-2-8-26-12/h2-5,8-10,21,23H,6-7,11,22H2,1H3,(H,24,25)/b5-4+,21-15?. The van der Waals surface area contributed by atoms with E-state index in [1.807, 2.05) is 17.5 Å². The zero-order chi connectivity index (χ0) is 18.7. The SMILES string of the molecule is CNCC1(C(=O)Nc2cc(C(=N)/C=C/c3cccs3)c(N)cc2F)CC1. The average Bonchev–Trinajstić information content (AvgIpc) is 3.20. The number of halogens is 1. The minimum Gasteiger partial charge on any atom is -0.398 e. The van der Waals surface area contributed by atoms with Crippen LogP contribution in [-0.2, 0) is 4.79 Å². The molecule has 1 aliphatic carbocycles. The highest BCUT2D eigenvalue weighted by Crippen LogP contribution is 2.46. The molecular weight excluding hydrogens is 351 g/mol. The second kappa shape index (κ2) is 7.39. The van der Waals surface area contributed by atoms with Gasteiger partial charge in [-0.05, 0) is 55.6 Å². The molecule has 1 fully saturated rings. The van der Waals surface area contributed by atoms with Crippen molar-refractivity contribution in [1.29, 1.82) is 5.41 Å². The summed E-state index contributed by atoms with van der Waals surface area (Å²) in [5.41, 5.74) is 6.17. The van der Waals surface area contributed by atoms with Crippen molar-refractivity contribution < 1.29 is 9.18 Å². The Morgan fingerprint density at radius 3 is 2.85 bits per heavy atom. The first kappa shape index (κ1) is 18.3. The second-order valence-corrected chi connectivity index (χ2v) is 7.43. The van der Waals surface area contributed by atoms with Gasteiger partial charge in [-0.15, -0.1) is 11.3 Å². The smallest absolute Gasteiger partial charge is 0.231 e. The third-order valence-corrected chi connectivity index (χ3v) is 5.32. The van der Waals surface area contributed by atoms with Gasteiger partial charge in [0.25, 0.3) is 0 Å². The summed E-state index contributed by atoms with van der Waals surface area (Å²) in [5, 5.41) is 15.8. The van der Waals surface area contributed by atoms with Crippen LogP contribution < -0.4 is 16.4 Å². The van der Waals surface area contributed by atoms with E-state index in [1.54, 1.807) is 30.5 Å². The van der Waals surface area contributed by atoms with Crippen molar-refractivity contribution in [2.75, 3.05) is 24.6 Å². The maximum absolute atomic E-state index is 14.3. The Bertz CT molecular complexity index is 857. The van der Waals surface area contributed by atoms with Gasteiger partial charge in [-0.1, -0.05) is 6.07 Å². The van der Waals surface area contributed by atoms with Crippen LogP contribution in [0.25, 0.3) is 6.08 Å². The monoisotopic (exact) mass is 372 g/mol. The van der Waals surface area contributed by atoms with Gasteiger partial charge in [-0.3, -0.25) is 4.79 Å². The van der Waals surface area contributed by atoms with Gasteiger partial charge < -0.3 is 21.8 Å². The molecule has 136 valence electrons. The van der Waals surface area contributed by atoms with E-state index >= 15 is 0 Å². The van der Waals surface area contributed by atoms with E-state index in [2.05, 4.69) is 10.6 Å². The molecule has 1 aromatic carbocycles. The summed E-state index contributed by atoms with van der Waals surface area (Å²) in [4.78, 5) is 13.5. The van der Waals surface area contributed by atoms with Crippen molar-refractivity contribution in [2.24, 2.45) is 5.41 Å². The summed E-state index contributed by atoms with van der Waals surface area (Å²) >= 11 is 1.55. The molecule has 5 nitrogen and oxygen atoms in total. The van der Waals surface area contributed by atoms with Gasteiger partial charge in [0.1, 0.15) is 5.82 Å². The minimum absolute atomic E-state index is 0.0517. The highest BCUT2D eigenvalue weighted by molar-refractivity contribution is 7.10. The molecule has 3 rings (SSSR count). The van der Waals surface area contributed by atoms with Crippen LogP contribution in [-0.4, -0.2) is 25.2 Å². The van der Waals surface area contributed by atoms with Crippen LogP contribution in [0.5, 0.6) is 0 Å². The lowest BCUT2D eigenvalue weighted by Crippen LogP contribution is -2.32. The van der Waals surface area contributed by atoms with Crippen LogP contribution in [0.15, 0.2) is 35.7 Å². The Morgan fingerprint density at radius 2 is 2.23 bits per heavy atom. The maximum atomic E-state index is 14.3. The van der Waals surface area contributed by atoms with Crippen molar-refractivity contribution in [3.63, 3.8) is 0 Å². The number of nitrogen functional groups attached to an aromatic ring is 1. The fourth-order valence-corrected chi connectivity index (χ4v) is 3.41. The number of allylic oxidation sites excluding steroid dienone is 1. The van der Waals surface area contributed by atoms with Crippen LogP contribution in [0.3, 0.4) is 0 Å². The van der Waals surface area contributed by atoms with Crippen molar-refractivity contribution >= 4 is 40.4 Å². The number of carbonyl (C=O) groups is 1. The lowest BCUT2D eigenvalue weighted by Gasteiger charge is -2.16. The number of benzene rings is 1. The van der Waals surface area contributed by atoms with Crippen LogP contribution in [0.4, 0.5) is 15.8 Å². The molecule has 0 saturated heterocycles. The summed E-state index contributed by atoms with van der Waals surface area (Å²) in [7, 11) is 1.79. The van der Waals surface area contributed by atoms with Crippen LogP contribution in [0, 0.1) is 16.6 Å². The Morgan fingerprint density at radius 1 is 1.46 bits per heavy atom. The number of nitrogens with one attached hydrogen (secondary N) is 3. The van der Waals surface area contributed by atoms with E-state index in [9.17, 15) is 9.18 Å². The highest BCUT2D eigenvalue weighted by atomic mass is 32.1. The second-order valence-electron chi connectivity index (χ2n) is 6.45. The summed E-state index contributed by atoms with van der Waals surface area (Å²) < 4.78 is 14.3. The number of amides is 1. The number of hydrogen-bond acceptors (Lipinski definition) is 5. The molecule has 0 spiro atoms. The molecule has 1 aromatic heterocycles. The lowest BCUT2D eigenvalue weighted by atomic mass is 10.0. The van der Waals surface area contributed by atoms with Crippen LogP contribution >= 0.6 is 11.3 Å². The van der Waals surface area contributed by atoms with Gasteiger partial charge in [-0.2, -0.15) is 0 Å². The van der Waals surface area contributed by atoms with Crippen LogP contribution in [0.1, 0.15) is 23.3 Å². The molecule has 0 radical (unpaired) electrons. The van der Waals surface area contributed by atoms with Gasteiger partial charge in [0, 0.05) is 22.7 Å². The number of anilines is 2. The molecular formula is C19H21FN4OS. The largest absolute Gasteiger partial charge is 0.398 e. The van der Waals surface area contributed by atoms with Gasteiger partial charge >= 0.3 is 0 Å². The Balaban J connectivity index is 1.80. The highest BCUT2D eigenvalue weighted by Gasteiger charge is 2.49.